The van der Waals surface area contributed by atoms with Gasteiger partial charge in [0.05, 0.1) is 17.5 Å². The Morgan fingerprint density at radius 3 is 2.41 bits per heavy atom. The fourth-order valence-corrected chi connectivity index (χ4v) is 4.78. The van der Waals surface area contributed by atoms with Crippen molar-refractivity contribution in [2.75, 3.05) is 16.6 Å². The highest BCUT2D eigenvalue weighted by Gasteiger charge is 2.28. The molecule has 1 saturated heterocycles. The molecule has 5 nitrogen and oxygen atoms in total. The average molecular weight is 449 g/mol. The zero-order valence-electron chi connectivity index (χ0n) is 14.9. The number of hydrogen-bond donors (Lipinski definition) is 1. The third-order valence-electron chi connectivity index (χ3n) is 4.44. The van der Waals surface area contributed by atoms with E-state index in [0.717, 1.165) is 15.6 Å². The lowest BCUT2D eigenvalue weighted by atomic mass is 10.1. The summed E-state index contributed by atoms with van der Waals surface area (Å²) < 4.78 is 26.3. The highest BCUT2D eigenvalue weighted by molar-refractivity contribution is 9.10. The van der Waals surface area contributed by atoms with Gasteiger partial charge in [-0.2, -0.15) is 0 Å². The smallest absolute Gasteiger partial charge is 0.244 e. The molecule has 1 heterocycles. The molecule has 1 aliphatic rings. The fourth-order valence-electron chi connectivity index (χ4n) is 2.95. The molecule has 2 aromatic carbocycles. The first-order valence-electron chi connectivity index (χ1n) is 8.70. The molecule has 27 heavy (non-hydrogen) atoms. The Bertz CT molecular complexity index is 938. The maximum Gasteiger partial charge on any atom is 0.244 e. The molecule has 1 amide bonds. The van der Waals surface area contributed by atoms with E-state index in [0.29, 0.717) is 18.7 Å². The Labute approximate surface area is 168 Å². The third-order valence-corrected chi connectivity index (χ3v) is 6.83. The van der Waals surface area contributed by atoms with Crippen LogP contribution in [-0.4, -0.2) is 26.6 Å². The summed E-state index contributed by atoms with van der Waals surface area (Å²) in [6.45, 7) is 2.45. The molecule has 1 atom stereocenters. The molecule has 142 valence electrons. The van der Waals surface area contributed by atoms with Crippen molar-refractivity contribution in [2.45, 2.75) is 19.4 Å². The molecule has 0 spiro atoms. The van der Waals surface area contributed by atoms with Crippen molar-refractivity contribution in [2.24, 2.45) is 0 Å². The van der Waals surface area contributed by atoms with Crippen LogP contribution in [0.25, 0.3) is 6.08 Å². The number of anilines is 1. The normalized spacial score (nSPS) is 17.2. The van der Waals surface area contributed by atoms with Gasteiger partial charge in [-0.05, 0) is 54.8 Å². The lowest BCUT2D eigenvalue weighted by Crippen LogP contribution is -2.25. The van der Waals surface area contributed by atoms with Gasteiger partial charge in [-0.25, -0.2) is 8.42 Å². The van der Waals surface area contributed by atoms with E-state index in [2.05, 4.69) is 21.2 Å². The number of carbonyl (C=O) groups is 1. The van der Waals surface area contributed by atoms with E-state index in [9.17, 15) is 13.2 Å². The van der Waals surface area contributed by atoms with Crippen molar-refractivity contribution in [3.05, 3.63) is 70.2 Å². The van der Waals surface area contributed by atoms with Crippen LogP contribution in [0, 0.1) is 0 Å². The summed E-state index contributed by atoms with van der Waals surface area (Å²) >= 11 is 3.39. The van der Waals surface area contributed by atoms with Crippen LogP contribution in [0.1, 0.15) is 30.5 Å². The second kappa shape index (κ2) is 8.27. The number of amides is 1. The van der Waals surface area contributed by atoms with E-state index in [-0.39, 0.29) is 17.7 Å². The topological polar surface area (TPSA) is 66.5 Å². The van der Waals surface area contributed by atoms with Gasteiger partial charge in [0.2, 0.25) is 15.9 Å². The monoisotopic (exact) mass is 448 g/mol. The molecular formula is C20H21BrN2O3S. The van der Waals surface area contributed by atoms with Crippen molar-refractivity contribution in [1.82, 2.24) is 5.32 Å². The van der Waals surface area contributed by atoms with E-state index in [1.807, 2.05) is 43.3 Å². The maximum absolute atomic E-state index is 12.1. The van der Waals surface area contributed by atoms with Crippen LogP contribution in [0.3, 0.4) is 0 Å². The van der Waals surface area contributed by atoms with Crippen molar-refractivity contribution in [1.29, 1.82) is 0 Å². The molecule has 0 radical (unpaired) electrons. The van der Waals surface area contributed by atoms with E-state index < -0.39 is 10.0 Å². The van der Waals surface area contributed by atoms with Gasteiger partial charge in [0.25, 0.3) is 0 Å². The zero-order valence-corrected chi connectivity index (χ0v) is 17.3. The Morgan fingerprint density at radius 1 is 1.15 bits per heavy atom. The van der Waals surface area contributed by atoms with Crippen molar-refractivity contribution >= 4 is 43.6 Å². The van der Waals surface area contributed by atoms with Crippen LogP contribution in [-0.2, 0) is 14.8 Å². The minimum atomic E-state index is -3.17. The van der Waals surface area contributed by atoms with Crippen LogP contribution in [0.5, 0.6) is 0 Å². The number of carbonyl (C=O) groups excluding carboxylic acids is 1. The van der Waals surface area contributed by atoms with Gasteiger partial charge >= 0.3 is 0 Å². The standard InChI is InChI=1S/C20H21BrN2O3S/c1-15(17-6-8-18(21)9-7-17)22-20(24)12-5-16-3-10-19(11-4-16)23-13-2-14-27(23,25)26/h3-12,15H,2,13-14H2,1H3,(H,22,24)/b12-5+. The molecule has 0 bridgehead atoms. The second-order valence-electron chi connectivity index (χ2n) is 6.45. The number of hydrogen-bond acceptors (Lipinski definition) is 3. The highest BCUT2D eigenvalue weighted by atomic mass is 79.9. The van der Waals surface area contributed by atoms with E-state index in [1.54, 1.807) is 18.2 Å². The van der Waals surface area contributed by atoms with E-state index in [1.165, 1.54) is 10.4 Å². The summed E-state index contributed by atoms with van der Waals surface area (Å²) in [5, 5.41) is 2.92. The van der Waals surface area contributed by atoms with Crippen molar-refractivity contribution < 1.29 is 13.2 Å². The lowest BCUT2D eigenvalue weighted by molar-refractivity contribution is -0.117. The number of sulfonamides is 1. The van der Waals surface area contributed by atoms with Gasteiger partial charge in [0.15, 0.2) is 0 Å². The molecule has 1 aliphatic heterocycles. The summed E-state index contributed by atoms with van der Waals surface area (Å²) in [7, 11) is -3.17. The molecule has 0 aromatic heterocycles. The Hall–Kier alpha value is -2.12. The van der Waals surface area contributed by atoms with Crippen LogP contribution < -0.4 is 9.62 Å². The van der Waals surface area contributed by atoms with Gasteiger partial charge in [-0.15, -0.1) is 0 Å². The van der Waals surface area contributed by atoms with Crippen LogP contribution in [0.15, 0.2) is 59.1 Å². The average Bonchev–Trinajstić information content (AvgIpc) is 3.00. The second-order valence-corrected chi connectivity index (χ2v) is 9.38. The fraction of sp³-hybridized carbons (Fsp3) is 0.250. The van der Waals surface area contributed by atoms with Crippen molar-refractivity contribution in [3.63, 3.8) is 0 Å². The number of halogens is 1. The van der Waals surface area contributed by atoms with E-state index >= 15 is 0 Å². The largest absolute Gasteiger partial charge is 0.346 e. The third kappa shape index (κ3) is 4.99. The number of nitrogens with zero attached hydrogens (tertiary/aromatic N) is 1. The van der Waals surface area contributed by atoms with Gasteiger partial charge < -0.3 is 5.32 Å². The molecular weight excluding hydrogens is 428 g/mol. The lowest BCUT2D eigenvalue weighted by Gasteiger charge is -2.16. The quantitative estimate of drug-likeness (QED) is 0.705. The highest BCUT2D eigenvalue weighted by Crippen LogP contribution is 2.24. The number of benzene rings is 2. The van der Waals surface area contributed by atoms with Gasteiger partial charge in [0.1, 0.15) is 0 Å². The number of rotatable bonds is 5. The van der Waals surface area contributed by atoms with Gasteiger partial charge in [-0.1, -0.05) is 40.2 Å². The minimum Gasteiger partial charge on any atom is -0.346 e. The molecule has 0 aliphatic carbocycles. The van der Waals surface area contributed by atoms with E-state index in [4.69, 9.17) is 0 Å². The molecule has 1 unspecified atom stereocenters. The first-order valence-corrected chi connectivity index (χ1v) is 11.1. The van der Waals surface area contributed by atoms with Crippen LogP contribution in [0.4, 0.5) is 5.69 Å². The molecule has 1 N–H and O–H groups in total. The van der Waals surface area contributed by atoms with Gasteiger partial charge in [-0.3, -0.25) is 9.10 Å². The summed E-state index contributed by atoms with van der Waals surface area (Å²) in [4.78, 5) is 12.1. The summed E-state index contributed by atoms with van der Waals surface area (Å²) in [6.07, 6.45) is 3.85. The molecule has 3 rings (SSSR count). The minimum absolute atomic E-state index is 0.0991. The van der Waals surface area contributed by atoms with Crippen molar-refractivity contribution in [3.8, 4) is 0 Å². The zero-order chi connectivity index (χ0) is 19.4. The van der Waals surface area contributed by atoms with Crippen LogP contribution in [0.2, 0.25) is 0 Å². The Kier molecular flexibility index (Phi) is 6.01. The predicted octanol–water partition coefficient (Wildman–Crippen LogP) is 3.88. The Morgan fingerprint density at radius 2 is 1.81 bits per heavy atom. The molecule has 0 saturated carbocycles. The molecule has 7 heteroatoms. The molecule has 2 aromatic rings. The maximum atomic E-state index is 12.1. The Balaban J connectivity index is 1.60. The molecule has 1 fully saturated rings. The number of nitrogens with one attached hydrogen (secondary N) is 1. The summed E-state index contributed by atoms with van der Waals surface area (Å²) in [6, 6.07) is 14.9. The summed E-state index contributed by atoms with van der Waals surface area (Å²) in [5.74, 6) is 0.0161. The summed E-state index contributed by atoms with van der Waals surface area (Å²) in [5.41, 5.74) is 2.52. The first kappa shape index (κ1) is 19.6. The predicted molar refractivity (Wildman–Crippen MR) is 112 cm³/mol. The van der Waals surface area contributed by atoms with Crippen LogP contribution >= 0.6 is 15.9 Å². The SMILES string of the molecule is CC(NC(=O)/C=C/c1ccc(N2CCCS2(=O)=O)cc1)c1ccc(Br)cc1. The first-order chi connectivity index (χ1) is 12.8. The van der Waals surface area contributed by atoms with Gasteiger partial charge in [0, 0.05) is 17.1 Å².